The largest absolute Gasteiger partial charge is 0.481 e. The van der Waals surface area contributed by atoms with E-state index in [1.165, 1.54) is 0 Å². The Labute approximate surface area is 72.3 Å². The molecule has 0 rings (SSSR count). The first-order valence-corrected chi connectivity index (χ1v) is 3.81. The Balaban J connectivity index is 3.76. The van der Waals surface area contributed by atoms with E-state index >= 15 is 0 Å². The molecule has 0 unspecified atom stereocenters. The summed E-state index contributed by atoms with van der Waals surface area (Å²) in [6.07, 6.45) is -0.0744. The minimum absolute atomic E-state index is 0.0744. The van der Waals surface area contributed by atoms with E-state index in [9.17, 15) is 4.79 Å². The van der Waals surface area contributed by atoms with Gasteiger partial charge in [-0.1, -0.05) is 0 Å². The van der Waals surface area contributed by atoms with E-state index in [0.717, 1.165) is 0 Å². The van der Waals surface area contributed by atoms with Gasteiger partial charge in [-0.3, -0.25) is 4.79 Å². The van der Waals surface area contributed by atoms with Crippen LogP contribution in [-0.2, 0) is 4.79 Å². The Kier molecular flexibility index (Phi) is 4.80. The molecule has 0 aliphatic heterocycles. The van der Waals surface area contributed by atoms with Crippen molar-refractivity contribution in [2.75, 3.05) is 20.6 Å². The van der Waals surface area contributed by atoms with E-state index in [1.807, 2.05) is 19.0 Å². The summed E-state index contributed by atoms with van der Waals surface area (Å²) in [6, 6.07) is -0.749. The fourth-order valence-corrected chi connectivity index (χ4v) is 0.910. The van der Waals surface area contributed by atoms with Crippen molar-refractivity contribution in [3.05, 3.63) is 0 Å². The van der Waals surface area contributed by atoms with E-state index in [1.54, 1.807) is 0 Å². The van der Waals surface area contributed by atoms with Crippen molar-refractivity contribution in [3.8, 4) is 0 Å². The maximum absolute atomic E-state index is 10.3. The van der Waals surface area contributed by atoms with Crippen LogP contribution in [0.1, 0.15) is 6.42 Å². The molecule has 0 fully saturated rings. The molecule has 0 amide bonds. The molecule has 0 saturated heterocycles. The summed E-state index contributed by atoms with van der Waals surface area (Å²) >= 11 is 0. The van der Waals surface area contributed by atoms with Crippen LogP contribution >= 0.6 is 0 Å². The summed E-state index contributed by atoms with van der Waals surface area (Å²) in [6.45, 7) is 0.606. The Morgan fingerprint density at radius 2 is 1.92 bits per heavy atom. The first kappa shape index (κ1) is 11.4. The number of carboxylic acids is 1. The minimum atomic E-state index is -0.906. The van der Waals surface area contributed by atoms with E-state index in [2.05, 4.69) is 0 Å². The predicted molar refractivity (Wildman–Crippen MR) is 46.8 cm³/mol. The van der Waals surface area contributed by atoms with Crippen LogP contribution in [0.5, 0.6) is 0 Å². The van der Waals surface area contributed by atoms with Crippen molar-refractivity contribution in [3.63, 3.8) is 0 Å². The molecule has 0 spiro atoms. The highest BCUT2D eigenvalue weighted by Gasteiger charge is 2.16. The summed E-state index contributed by atoms with van der Waals surface area (Å²) in [4.78, 5) is 12.1. The van der Waals surface area contributed by atoms with Crippen LogP contribution in [0, 0.1) is 0 Å². The summed E-state index contributed by atoms with van der Waals surface area (Å²) in [5, 5.41) is 8.42. The maximum Gasteiger partial charge on any atom is 0.304 e. The highest BCUT2D eigenvalue weighted by molar-refractivity contribution is 5.67. The monoisotopic (exact) mass is 175 g/mol. The lowest BCUT2D eigenvalue weighted by molar-refractivity contribution is -0.137. The molecule has 5 nitrogen and oxygen atoms in total. The van der Waals surface area contributed by atoms with Gasteiger partial charge in [0.05, 0.1) is 6.42 Å². The van der Waals surface area contributed by atoms with E-state index in [4.69, 9.17) is 16.6 Å². The van der Waals surface area contributed by atoms with Crippen molar-refractivity contribution in [1.29, 1.82) is 0 Å². The smallest absolute Gasteiger partial charge is 0.304 e. The Morgan fingerprint density at radius 3 is 2.25 bits per heavy atom. The summed E-state index contributed by atoms with van der Waals surface area (Å²) < 4.78 is 0. The van der Waals surface area contributed by atoms with Crippen molar-refractivity contribution in [2.24, 2.45) is 11.5 Å². The normalized spacial score (nSPS) is 16.1. The Bertz CT molecular complexity index is 150. The lowest BCUT2D eigenvalue weighted by atomic mass is 10.1. The standard InChI is InChI=1S/C7H17N3O2/c1-10(2)4-6(9)5(8)3-7(11)12/h5-6H,3-4,8-9H2,1-2H3,(H,11,12)/t5-,6+/m1/s1. The second-order valence-electron chi connectivity index (χ2n) is 3.19. The molecule has 0 saturated carbocycles. The third-order valence-corrected chi connectivity index (χ3v) is 1.54. The molecule has 0 aromatic rings. The van der Waals surface area contributed by atoms with E-state index < -0.39 is 12.0 Å². The summed E-state index contributed by atoms with van der Waals surface area (Å²) in [5.74, 6) is -0.906. The van der Waals surface area contributed by atoms with E-state index in [0.29, 0.717) is 6.54 Å². The highest BCUT2D eigenvalue weighted by atomic mass is 16.4. The minimum Gasteiger partial charge on any atom is -0.481 e. The summed E-state index contributed by atoms with van der Waals surface area (Å²) in [5.41, 5.74) is 11.2. The zero-order chi connectivity index (χ0) is 9.72. The first-order chi connectivity index (χ1) is 5.43. The zero-order valence-electron chi connectivity index (χ0n) is 7.53. The molecule has 5 N–H and O–H groups in total. The van der Waals surface area contributed by atoms with Crippen molar-refractivity contribution in [2.45, 2.75) is 18.5 Å². The van der Waals surface area contributed by atoms with Gasteiger partial charge >= 0.3 is 5.97 Å². The number of nitrogens with zero attached hydrogens (tertiary/aromatic N) is 1. The number of hydrogen-bond donors (Lipinski definition) is 3. The molecule has 0 radical (unpaired) electrons. The van der Waals surface area contributed by atoms with Gasteiger partial charge in [0.15, 0.2) is 0 Å². The second kappa shape index (κ2) is 5.08. The molecule has 2 atom stereocenters. The van der Waals surface area contributed by atoms with Gasteiger partial charge in [0.2, 0.25) is 0 Å². The SMILES string of the molecule is CN(C)C[C@H](N)[C@H](N)CC(=O)O. The lowest BCUT2D eigenvalue weighted by Crippen LogP contribution is -2.48. The molecule has 0 aliphatic carbocycles. The summed E-state index contributed by atoms with van der Waals surface area (Å²) in [7, 11) is 3.74. The van der Waals surface area contributed by atoms with Gasteiger partial charge in [-0.25, -0.2) is 0 Å². The van der Waals surface area contributed by atoms with Gasteiger partial charge in [0.1, 0.15) is 0 Å². The average Bonchev–Trinajstić information content (AvgIpc) is 1.84. The molecule has 0 aromatic heterocycles. The Hall–Kier alpha value is -0.650. The topological polar surface area (TPSA) is 92.6 Å². The third-order valence-electron chi connectivity index (χ3n) is 1.54. The van der Waals surface area contributed by atoms with Crippen LogP contribution in [0.25, 0.3) is 0 Å². The quantitative estimate of drug-likeness (QED) is 0.482. The van der Waals surface area contributed by atoms with Crippen molar-refractivity contribution >= 4 is 5.97 Å². The maximum atomic E-state index is 10.3. The highest BCUT2D eigenvalue weighted by Crippen LogP contribution is 1.94. The Morgan fingerprint density at radius 1 is 1.42 bits per heavy atom. The molecule has 5 heteroatoms. The van der Waals surface area contributed by atoms with Gasteiger partial charge in [-0.15, -0.1) is 0 Å². The lowest BCUT2D eigenvalue weighted by Gasteiger charge is -2.21. The molecular formula is C7H17N3O2. The fraction of sp³-hybridized carbons (Fsp3) is 0.857. The van der Waals surface area contributed by atoms with Gasteiger partial charge in [0, 0.05) is 18.6 Å². The molecule has 0 aliphatic rings. The molecule has 12 heavy (non-hydrogen) atoms. The number of nitrogens with two attached hydrogens (primary N) is 2. The van der Waals surface area contributed by atoms with E-state index in [-0.39, 0.29) is 12.5 Å². The molecule has 0 aromatic carbocycles. The third kappa shape index (κ3) is 5.06. The van der Waals surface area contributed by atoms with Crippen LogP contribution in [0.4, 0.5) is 0 Å². The predicted octanol–water partition coefficient (Wildman–Crippen LogP) is -1.32. The van der Waals surface area contributed by atoms with Crippen LogP contribution in [0.3, 0.4) is 0 Å². The number of aliphatic carboxylic acids is 1. The van der Waals surface area contributed by atoms with Crippen molar-refractivity contribution < 1.29 is 9.90 Å². The van der Waals surface area contributed by atoms with Gasteiger partial charge in [-0.2, -0.15) is 0 Å². The fourth-order valence-electron chi connectivity index (χ4n) is 0.910. The molecule has 0 bridgehead atoms. The van der Waals surface area contributed by atoms with Gasteiger partial charge < -0.3 is 21.5 Å². The second-order valence-corrected chi connectivity index (χ2v) is 3.19. The number of carboxylic acid groups (broad SMARTS) is 1. The zero-order valence-corrected chi connectivity index (χ0v) is 7.53. The first-order valence-electron chi connectivity index (χ1n) is 3.81. The molecular weight excluding hydrogens is 158 g/mol. The van der Waals surface area contributed by atoms with Crippen LogP contribution in [-0.4, -0.2) is 48.7 Å². The van der Waals surface area contributed by atoms with Crippen LogP contribution < -0.4 is 11.5 Å². The molecule has 72 valence electrons. The van der Waals surface area contributed by atoms with Crippen LogP contribution in [0.2, 0.25) is 0 Å². The van der Waals surface area contributed by atoms with Gasteiger partial charge in [0.25, 0.3) is 0 Å². The number of hydrogen-bond acceptors (Lipinski definition) is 4. The molecule has 0 heterocycles. The number of likely N-dealkylation sites (N-methyl/N-ethyl adjacent to an activating group) is 1. The average molecular weight is 175 g/mol. The van der Waals surface area contributed by atoms with Gasteiger partial charge in [-0.05, 0) is 14.1 Å². The number of carbonyl (C=O) groups is 1. The van der Waals surface area contributed by atoms with Crippen LogP contribution in [0.15, 0.2) is 0 Å². The van der Waals surface area contributed by atoms with Crippen molar-refractivity contribution in [1.82, 2.24) is 4.90 Å². The number of rotatable bonds is 5.